The van der Waals surface area contributed by atoms with Crippen LogP contribution in [0.3, 0.4) is 0 Å². The first kappa shape index (κ1) is 25.0. The van der Waals surface area contributed by atoms with Gasteiger partial charge in [-0.1, -0.05) is 6.07 Å². The van der Waals surface area contributed by atoms with E-state index in [1.165, 1.54) is 4.68 Å². The van der Waals surface area contributed by atoms with E-state index in [1.54, 1.807) is 39.2 Å². The zero-order valence-corrected chi connectivity index (χ0v) is 21.4. The predicted molar refractivity (Wildman–Crippen MR) is 137 cm³/mol. The minimum absolute atomic E-state index is 0.0604. The Morgan fingerprint density at radius 3 is 2.65 bits per heavy atom. The predicted octanol–water partition coefficient (Wildman–Crippen LogP) is 3.31. The van der Waals surface area contributed by atoms with Crippen LogP contribution in [0.5, 0.6) is 0 Å². The molecule has 0 spiro atoms. The standard InChI is InChI=1S/C27H33N5O5/c1-27(2,3)37-26(35)32-14-16(13-29-32)18-6-7-20(24(28)33)23-22(18)19-5-4-15(12-21(19)31-23)25(34)30-17-8-10-36-11-9-17/h6-7,13-15,17,31H,4-5,8-12H2,1-3H3,(H2,28,33)(H,30,34). The highest BCUT2D eigenvalue weighted by molar-refractivity contribution is 6.10. The lowest BCUT2D eigenvalue weighted by Gasteiger charge is -2.27. The molecule has 0 bridgehead atoms. The van der Waals surface area contributed by atoms with Crippen LogP contribution < -0.4 is 11.1 Å². The van der Waals surface area contributed by atoms with Gasteiger partial charge in [0.15, 0.2) is 0 Å². The fourth-order valence-electron chi connectivity index (χ4n) is 5.24. The summed E-state index contributed by atoms with van der Waals surface area (Å²) in [7, 11) is 0. The minimum atomic E-state index is -0.646. The number of amides is 2. The van der Waals surface area contributed by atoms with Crippen molar-refractivity contribution in [3.63, 3.8) is 0 Å². The maximum Gasteiger partial charge on any atom is 0.435 e. The largest absolute Gasteiger partial charge is 0.442 e. The van der Waals surface area contributed by atoms with E-state index in [2.05, 4.69) is 15.4 Å². The van der Waals surface area contributed by atoms with Gasteiger partial charge in [0.1, 0.15) is 5.60 Å². The molecule has 1 unspecified atom stereocenters. The molecular formula is C27H33N5O5. The van der Waals surface area contributed by atoms with Crippen molar-refractivity contribution in [3.05, 3.63) is 41.3 Å². The number of H-pyrrole nitrogens is 1. The molecule has 1 saturated heterocycles. The number of aryl methyl sites for hydroxylation is 1. The third-order valence-corrected chi connectivity index (χ3v) is 7.02. The summed E-state index contributed by atoms with van der Waals surface area (Å²) >= 11 is 0. The SMILES string of the molecule is CC(C)(C)OC(=O)n1cc(-c2ccc(C(N)=O)c3[nH]c4c(c23)CCC(C(=O)NC2CCOCC2)C4)cn1. The van der Waals surface area contributed by atoms with Crippen LogP contribution in [0.15, 0.2) is 24.5 Å². The average Bonchev–Trinajstić information content (AvgIpc) is 3.48. The summed E-state index contributed by atoms with van der Waals surface area (Å²) in [6, 6.07) is 3.67. The van der Waals surface area contributed by atoms with Gasteiger partial charge in [-0.3, -0.25) is 9.59 Å². The number of carbonyl (C=O) groups excluding carboxylic acids is 3. The molecule has 2 aromatic heterocycles. The van der Waals surface area contributed by atoms with Crippen molar-refractivity contribution < 1.29 is 23.9 Å². The lowest BCUT2D eigenvalue weighted by molar-refractivity contribution is -0.126. The molecule has 0 radical (unpaired) electrons. The van der Waals surface area contributed by atoms with Crippen LogP contribution in [0, 0.1) is 5.92 Å². The van der Waals surface area contributed by atoms with Crippen LogP contribution >= 0.6 is 0 Å². The van der Waals surface area contributed by atoms with Crippen LogP contribution in [-0.4, -0.2) is 57.5 Å². The van der Waals surface area contributed by atoms with Gasteiger partial charge in [-0.15, -0.1) is 0 Å². The number of carbonyl (C=O) groups is 3. The molecule has 1 aromatic carbocycles. The maximum atomic E-state index is 13.0. The van der Waals surface area contributed by atoms with Crippen LogP contribution in [0.1, 0.15) is 61.6 Å². The van der Waals surface area contributed by atoms with E-state index in [0.29, 0.717) is 49.1 Å². The van der Waals surface area contributed by atoms with Crippen molar-refractivity contribution >= 4 is 28.8 Å². The number of ether oxygens (including phenoxy) is 2. The zero-order valence-electron chi connectivity index (χ0n) is 21.4. The molecule has 0 saturated carbocycles. The normalized spacial score (nSPS) is 18.4. The molecular weight excluding hydrogens is 474 g/mol. The number of nitrogens with zero attached hydrogens (tertiary/aromatic N) is 2. The zero-order chi connectivity index (χ0) is 26.3. The van der Waals surface area contributed by atoms with Gasteiger partial charge in [0.25, 0.3) is 5.91 Å². The van der Waals surface area contributed by atoms with E-state index in [1.807, 2.05) is 6.07 Å². The lowest BCUT2D eigenvalue weighted by atomic mass is 9.84. The Kier molecular flexibility index (Phi) is 6.53. The lowest BCUT2D eigenvalue weighted by Crippen LogP contribution is -2.43. The molecule has 3 aromatic rings. The Morgan fingerprint density at radius 2 is 1.95 bits per heavy atom. The first-order chi connectivity index (χ1) is 17.6. The van der Waals surface area contributed by atoms with Crippen molar-refractivity contribution in [3.8, 4) is 11.1 Å². The molecule has 4 N–H and O–H groups in total. The van der Waals surface area contributed by atoms with E-state index in [0.717, 1.165) is 35.0 Å². The topological polar surface area (TPSA) is 141 Å². The molecule has 1 atom stereocenters. The number of nitrogens with one attached hydrogen (secondary N) is 2. The first-order valence-corrected chi connectivity index (χ1v) is 12.7. The number of hydrogen-bond donors (Lipinski definition) is 3. The van der Waals surface area contributed by atoms with Crippen molar-refractivity contribution in [1.82, 2.24) is 20.1 Å². The number of primary amides is 1. The Balaban J connectivity index is 1.47. The first-order valence-electron chi connectivity index (χ1n) is 12.7. The summed E-state index contributed by atoms with van der Waals surface area (Å²) in [4.78, 5) is 41.2. The van der Waals surface area contributed by atoms with Gasteiger partial charge in [-0.05, 0) is 70.1 Å². The Bertz CT molecular complexity index is 1360. The molecule has 2 aliphatic rings. The maximum absolute atomic E-state index is 13.0. The average molecular weight is 508 g/mol. The van der Waals surface area contributed by atoms with Gasteiger partial charge in [0.2, 0.25) is 5.91 Å². The summed E-state index contributed by atoms with van der Waals surface area (Å²) < 4.78 is 12.0. The van der Waals surface area contributed by atoms with Crippen molar-refractivity contribution in [2.75, 3.05) is 13.2 Å². The molecule has 1 aliphatic carbocycles. The number of aromatic amines is 1. The van der Waals surface area contributed by atoms with Crippen LogP contribution in [0.2, 0.25) is 0 Å². The molecule has 10 nitrogen and oxygen atoms in total. The summed E-state index contributed by atoms with van der Waals surface area (Å²) in [5.74, 6) is -0.627. The molecule has 2 amide bonds. The Morgan fingerprint density at radius 1 is 1.19 bits per heavy atom. The monoisotopic (exact) mass is 507 g/mol. The fraction of sp³-hybridized carbons (Fsp3) is 0.481. The summed E-state index contributed by atoms with van der Waals surface area (Å²) in [6.45, 7) is 6.73. The molecule has 10 heteroatoms. The van der Waals surface area contributed by atoms with Crippen LogP contribution in [0.4, 0.5) is 4.79 Å². The molecule has 1 fully saturated rings. The third kappa shape index (κ3) is 5.11. The molecule has 37 heavy (non-hydrogen) atoms. The van der Waals surface area contributed by atoms with Crippen molar-refractivity contribution in [1.29, 1.82) is 0 Å². The smallest absolute Gasteiger partial charge is 0.435 e. The molecule has 1 aliphatic heterocycles. The van der Waals surface area contributed by atoms with Crippen LogP contribution in [0.25, 0.3) is 22.0 Å². The number of rotatable bonds is 4. The molecule has 5 rings (SSSR count). The van der Waals surface area contributed by atoms with Crippen molar-refractivity contribution in [2.24, 2.45) is 11.7 Å². The number of aromatic nitrogens is 3. The van der Waals surface area contributed by atoms with Gasteiger partial charge in [0, 0.05) is 48.0 Å². The Hall–Kier alpha value is -3.66. The summed E-state index contributed by atoms with van der Waals surface area (Å²) in [6.07, 6.45) is 6.25. The number of fused-ring (bicyclic) bond motifs is 3. The quantitative estimate of drug-likeness (QED) is 0.495. The van der Waals surface area contributed by atoms with Gasteiger partial charge in [0.05, 0.1) is 17.3 Å². The van der Waals surface area contributed by atoms with Crippen LogP contribution in [-0.2, 0) is 27.1 Å². The second-order valence-electron chi connectivity index (χ2n) is 10.8. The summed E-state index contributed by atoms with van der Waals surface area (Å²) in [5, 5.41) is 8.27. The Labute approximate surface area is 214 Å². The highest BCUT2D eigenvalue weighted by Crippen LogP contribution is 2.39. The number of hydrogen-bond acceptors (Lipinski definition) is 6. The third-order valence-electron chi connectivity index (χ3n) is 7.02. The number of benzene rings is 1. The van der Waals surface area contributed by atoms with E-state index in [9.17, 15) is 14.4 Å². The van der Waals surface area contributed by atoms with E-state index < -0.39 is 17.6 Å². The second-order valence-corrected chi connectivity index (χ2v) is 10.8. The van der Waals surface area contributed by atoms with Crippen molar-refractivity contribution in [2.45, 2.75) is 64.5 Å². The molecule has 3 heterocycles. The fourth-order valence-corrected chi connectivity index (χ4v) is 5.24. The van der Waals surface area contributed by atoms with Gasteiger partial charge in [-0.25, -0.2) is 4.79 Å². The van der Waals surface area contributed by atoms with Gasteiger partial charge in [-0.2, -0.15) is 9.78 Å². The highest BCUT2D eigenvalue weighted by atomic mass is 16.6. The summed E-state index contributed by atoms with van der Waals surface area (Å²) in [5.41, 5.74) is 9.62. The minimum Gasteiger partial charge on any atom is -0.442 e. The van der Waals surface area contributed by atoms with Gasteiger partial charge < -0.3 is 25.5 Å². The van der Waals surface area contributed by atoms with E-state index in [4.69, 9.17) is 15.2 Å². The van der Waals surface area contributed by atoms with Gasteiger partial charge >= 0.3 is 6.09 Å². The van der Waals surface area contributed by atoms with E-state index in [-0.39, 0.29) is 17.9 Å². The second kappa shape index (κ2) is 9.66. The molecule has 196 valence electrons. The number of nitrogens with two attached hydrogens (primary N) is 1. The highest BCUT2D eigenvalue weighted by Gasteiger charge is 2.31. The van der Waals surface area contributed by atoms with E-state index >= 15 is 0 Å².